The lowest BCUT2D eigenvalue weighted by Gasteiger charge is -2.12. The van der Waals surface area contributed by atoms with Crippen LogP contribution in [0.4, 0.5) is 15.8 Å². The standard InChI is InChI=1S/C33H34FN9O/c1-4-5-6-30(44)38-24-15-21(18-35-19-24)26-7-8-28-32(40-26)33(42-41-28)29-17-25-27(39-29)9-10-37-31(25)20-13-22(34)16-23(14-20)36-11-12-43(2)3/h7-10,13-19,36,39H,4-6,11-12H2,1-3H3,(H,38,44)(H,41,42). The number of halogens is 1. The number of unbranched alkanes of at least 4 members (excludes halogenated alkanes) is 1. The van der Waals surface area contributed by atoms with Crippen LogP contribution in [0.15, 0.2) is 67.1 Å². The van der Waals surface area contributed by atoms with Crippen molar-refractivity contribution in [2.24, 2.45) is 0 Å². The number of rotatable bonds is 11. The van der Waals surface area contributed by atoms with Crippen LogP contribution in [0.25, 0.3) is 55.8 Å². The molecule has 10 nitrogen and oxygen atoms in total. The normalized spacial score (nSPS) is 11.5. The first-order chi connectivity index (χ1) is 21.4. The Morgan fingerprint density at radius 1 is 0.977 bits per heavy atom. The van der Waals surface area contributed by atoms with E-state index in [1.165, 1.54) is 12.1 Å². The van der Waals surface area contributed by atoms with Crippen LogP contribution in [0.3, 0.4) is 0 Å². The van der Waals surface area contributed by atoms with Crippen molar-refractivity contribution in [2.45, 2.75) is 26.2 Å². The molecule has 44 heavy (non-hydrogen) atoms. The molecule has 0 spiro atoms. The van der Waals surface area contributed by atoms with Gasteiger partial charge in [-0.2, -0.15) is 5.10 Å². The molecule has 1 amide bonds. The van der Waals surface area contributed by atoms with Crippen LogP contribution in [0.1, 0.15) is 26.2 Å². The SMILES string of the molecule is CCCCC(=O)Nc1cncc(-c2ccc3[nH]nc(-c4cc5c(-c6cc(F)cc(NCCN(C)C)c6)nccc5[nH]4)c3n2)c1. The number of hydrogen-bond acceptors (Lipinski definition) is 7. The number of nitrogens with one attached hydrogen (secondary N) is 4. The molecule has 11 heteroatoms. The van der Waals surface area contributed by atoms with E-state index >= 15 is 0 Å². The van der Waals surface area contributed by atoms with Crippen molar-refractivity contribution < 1.29 is 9.18 Å². The van der Waals surface area contributed by atoms with Crippen molar-refractivity contribution >= 4 is 39.2 Å². The molecule has 6 aromatic rings. The summed E-state index contributed by atoms with van der Waals surface area (Å²) in [5.74, 6) is -0.368. The van der Waals surface area contributed by atoms with Crippen LogP contribution in [0.2, 0.25) is 0 Å². The number of anilines is 2. The number of benzene rings is 1. The number of carbonyl (C=O) groups is 1. The fraction of sp³-hybridized carbons (Fsp3) is 0.242. The fourth-order valence-electron chi connectivity index (χ4n) is 5.12. The summed E-state index contributed by atoms with van der Waals surface area (Å²) in [7, 11) is 3.99. The lowest BCUT2D eigenvalue weighted by atomic mass is 10.1. The maximum atomic E-state index is 14.7. The van der Waals surface area contributed by atoms with Gasteiger partial charge in [0.05, 0.1) is 34.5 Å². The minimum atomic E-state index is -0.335. The molecular weight excluding hydrogens is 557 g/mol. The maximum absolute atomic E-state index is 14.7. The molecular formula is C33H34FN9O. The Hall–Kier alpha value is -5.16. The molecule has 1 aromatic carbocycles. The minimum Gasteiger partial charge on any atom is -0.384 e. The molecule has 0 unspecified atom stereocenters. The number of H-pyrrole nitrogens is 2. The van der Waals surface area contributed by atoms with E-state index in [0.717, 1.165) is 47.1 Å². The summed E-state index contributed by atoms with van der Waals surface area (Å²) in [6.07, 6.45) is 7.33. The Labute approximate surface area is 254 Å². The van der Waals surface area contributed by atoms with Crippen molar-refractivity contribution in [3.63, 3.8) is 0 Å². The number of carbonyl (C=O) groups excluding carboxylic acids is 1. The monoisotopic (exact) mass is 591 g/mol. The molecule has 0 aliphatic carbocycles. The number of nitrogens with zero attached hydrogens (tertiary/aromatic N) is 5. The Morgan fingerprint density at radius 2 is 1.84 bits per heavy atom. The molecule has 0 atom stereocenters. The van der Waals surface area contributed by atoms with Crippen LogP contribution in [-0.4, -0.2) is 68.1 Å². The van der Waals surface area contributed by atoms with Crippen LogP contribution >= 0.6 is 0 Å². The van der Waals surface area contributed by atoms with Crippen molar-refractivity contribution in [1.82, 2.24) is 35.0 Å². The Kier molecular flexibility index (Phi) is 8.29. The van der Waals surface area contributed by atoms with Gasteiger partial charge in [-0.15, -0.1) is 0 Å². The second kappa shape index (κ2) is 12.6. The topological polar surface area (TPSA) is 128 Å². The van der Waals surface area contributed by atoms with Crippen molar-refractivity contribution in [1.29, 1.82) is 0 Å². The Balaban J connectivity index is 1.33. The molecule has 0 saturated carbocycles. The van der Waals surface area contributed by atoms with Crippen LogP contribution in [-0.2, 0) is 4.79 Å². The van der Waals surface area contributed by atoms with E-state index in [2.05, 4.69) is 47.6 Å². The summed E-state index contributed by atoms with van der Waals surface area (Å²) in [5.41, 5.74) is 7.84. The third-order valence-corrected chi connectivity index (χ3v) is 7.35. The van der Waals surface area contributed by atoms with Crippen LogP contribution < -0.4 is 10.6 Å². The molecule has 0 fully saturated rings. The molecule has 6 rings (SSSR count). The average Bonchev–Trinajstić information content (AvgIpc) is 3.63. The van der Waals surface area contributed by atoms with Gasteiger partial charge in [0.1, 0.15) is 17.0 Å². The molecule has 224 valence electrons. The number of aromatic amines is 2. The van der Waals surface area contributed by atoms with E-state index < -0.39 is 0 Å². The van der Waals surface area contributed by atoms with E-state index in [4.69, 9.17) is 4.98 Å². The zero-order valence-electron chi connectivity index (χ0n) is 24.9. The van der Waals surface area contributed by atoms with Crippen molar-refractivity contribution in [3.05, 3.63) is 72.9 Å². The minimum absolute atomic E-state index is 0.0333. The maximum Gasteiger partial charge on any atom is 0.224 e. The molecule has 5 aromatic heterocycles. The zero-order valence-corrected chi connectivity index (χ0v) is 24.9. The molecule has 0 bridgehead atoms. The molecule has 5 heterocycles. The van der Waals surface area contributed by atoms with Gasteiger partial charge in [-0.05, 0) is 69.0 Å². The summed E-state index contributed by atoms with van der Waals surface area (Å²) in [6.45, 7) is 3.57. The first kappa shape index (κ1) is 28.9. The van der Waals surface area contributed by atoms with Gasteiger partial charge in [0.2, 0.25) is 5.91 Å². The van der Waals surface area contributed by atoms with E-state index in [1.54, 1.807) is 18.6 Å². The fourth-order valence-corrected chi connectivity index (χ4v) is 5.12. The van der Waals surface area contributed by atoms with E-state index in [0.29, 0.717) is 52.5 Å². The molecule has 0 aliphatic rings. The third-order valence-electron chi connectivity index (χ3n) is 7.35. The Morgan fingerprint density at radius 3 is 2.68 bits per heavy atom. The second-order valence-corrected chi connectivity index (χ2v) is 11.0. The second-order valence-electron chi connectivity index (χ2n) is 11.0. The van der Waals surface area contributed by atoms with Gasteiger partial charge in [-0.3, -0.25) is 19.9 Å². The van der Waals surface area contributed by atoms with Crippen molar-refractivity contribution in [3.8, 4) is 33.9 Å². The largest absolute Gasteiger partial charge is 0.384 e. The van der Waals surface area contributed by atoms with Crippen LogP contribution in [0, 0.1) is 5.82 Å². The van der Waals surface area contributed by atoms with Gasteiger partial charge < -0.3 is 20.5 Å². The molecule has 0 aliphatic heterocycles. The highest BCUT2D eigenvalue weighted by molar-refractivity contribution is 5.99. The van der Waals surface area contributed by atoms with E-state index in [1.807, 2.05) is 50.5 Å². The number of hydrogen-bond donors (Lipinski definition) is 4. The molecule has 0 saturated heterocycles. The molecule has 4 N–H and O–H groups in total. The van der Waals surface area contributed by atoms with Gasteiger partial charge in [0.15, 0.2) is 0 Å². The number of amides is 1. The first-order valence-corrected chi connectivity index (χ1v) is 14.7. The number of aromatic nitrogens is 6. The lowest BCUT2D eigenvalue weighted by molar-refractivity contribution is -0.116. The number of pyridine rings is 3. The number of fused-ring (bicyclic) bond motifs is 2. The summed E-state index contributed by atoms with van der Waals surface area (Å²) in [6, 6.07) is 14.5. The van der Waals surface area contributed by atoms with Gasteiger partial charge in [0, 0.05) is 59.6 Å². The molecule has 0 radical (unpaired) electrons. The third kappa shape index (κ3) is 6.28. The predicted molar refractivity (Wildman–Crippen MR) is 173 cm³/mol. The number of likely N-dealkylation sites (N-methyl/N-ethyl adjacent to an activating group) is 1. The van der Waals surface area contributed by atoms with Gasteiger partial charge >= 0.3 is 0 Å². The van der Waals surface area contributed by atoms with E-state index in [-0.39, 0.29) is 11.7 Å². The quantitative estimate of drug-likeness (QED) is 0.136. The summed E-state index contributed by atoms with van der Waals surface area (Å²) in [5, 5.41) is 14.7. The van der Waals surface area contributed by atoms with E-state index in [9.17, 15) is 9.18 Å². The summed E-state index contributed by atoms with van der Waals surface area (Å²) < 4.78 is 14.7. The summed E-state index contributed by atoms with van der Waals surface area (Å²) >= 11 is 0. The highest BCUT2D eigenvalue weighted by Gasteiger charge is 2.17. The predicted octanol–water partition coefficient (Wildman–Crippen LogP) is 6.47. The summed E-state index contributed by atoms with van der Waals surface area (Å²) in [4.78, 5) is 31.6. The lowest BCUT2D eigenvalue weighted by Crippen LogP contribution is -2.20. The smallest absolute Gasteiger partial charge is 0.224 e. The van der Waals surface area contributed by atoms with Gasteiger partial charge in [0.25, 0.3) is 0 Å². The van der Waals surface area contributed by atoms with Gasteiger partial charge in [-0.1, -0.05) is 13.3 Å². The van der Waals surface area contributed by atoms with Crippen molar-refractivity contribution in [2.75, 3.05) is 37.8 Å². The van der Waals surface area contributed by atoms with Crippen LogP contribution in [0.5, 0.6) is 0 Å². The zero-order chi connectivity index (χ0) is 30.6. The average molecular weight is 592 g/mol. The highest BCUT2D eigenvalue weighted by Crippen LogP contribution is 2.34. The Bertz CT molecular complexity index is 1950. The highest BCUT2D eigenvalue weighted by atomic mass is 19.1. The van der Waals surface area contributed by atoms with Gasteiger partial charge in [-0.25, -0.2) is 9.37 Å². The first-order valence-electron chi connectivity index (χ1n) is 14.7.